The minimum Gasteiger partial charge on any atom is -0.441 e. The molecule has 2 heterocycles. The minimum absolute atomic E-state index is 0.524. The van der Waals surface area contributed by atoms with E-state index in [1.54, 1.807) is 0 Å². The van der Waals surface area contributed by atoms with Gasteiger partial charge in [-0.1, -0.05) is 0 Å². The Kier molecular flexibility index (Phi) is 2.74. The summed E-state index contributed by atoms with van der Waals surface area (Å²) in [5.41, 5.74) is 2.91. The highest BCUT2D eigenvalue weighted by molar-refractivity contribution is 5.77. The Bertz CT molecular complexity index is 553. The molecule has 2 atom stereocenters. The van der Waals surface area contributed by atoms with E-state index in [0.717, 1.165) is 29.2 Å². The fourth-order valence-corrected chi connectivity index (χ4v) is 2.67. The topological polar surface area (TPSA) is 41.3 Å². The maximum absolute atomic E-state index is 5.48. The molecule has 0 saturated carbocycles. The molecule has 0 bridgehead atoms. The molecule has 1 aliphatic rings. The maximum Gasteiger partial charge on any atom is 0.192 e. The third-order valence-electron chi connectivity index (χ3n) is 3.75. The van der Waals surface area contributed by atoms with Crippen LogP contribution >= 0.6 is 0 Å². The van der Waals surface area contributed by atoms with Crippen LogP contribution in [0.4, 0.5) is 5.69 Å². The van der Waals surface area contributed by atoms with Crippen LogP contribution in [0.5, 0.6) is 0 Å². The summed E-state index contributed by atoms with van der Waals surface area (Å²) in [6, 6.07) is 7.29. The number of aromatic nitrogens is 1. The van der Waals surface area contributed by atoms with Crippen molar-refractivity contribution >= 4 is 16.8 Å². The Labute approximate surface area is 107 Å². The van der Waals surface area contributed by atoms with Gasteiger partial charge in [0.15, 0.2) is 11.5 Å². The van der Waals surface area contributed by atoms with Crippen molar-refractivity contribution in [2.24, 2.45) is 0 Å². The Morgan fingerprint density at radius 2 is 2.28 bits per heavy atom. The zero-order chi connectivity index (χ0) is 12.7. The number of nitrogens with zero attached hydrogens (tertiary/aromatic N) is 2. The van der Waals surface area contributed by atoms with Crippen LogP contribution in [0.25, 0.3) is 11.1 Å². The maximum atomic E-state index is 5.48. The van der Waals surface area contributed by atoms with Crippen LogP contribution in [0.15, 0.2) is 22.6 Å². The number of aryl methyl sites for hydroxylation is 1. The normalized spacial score (nSPS) is 24.8. The summed E-state index contributed by atoms with van der Waals surface area (Å²) in [7, 11) is 2.18. The molecular formula is C14H19N3O. The van der Waals surface area contributed by atoms with Crippen molar-refractivity contribution in [3.8, 4) is 0 Å². The van der Waals surface area contributed by atoms with Crippen LogP contribution in [0.2, 0.25) is 0 Å². The summed E-state index contributed by atoms with van der Waals surface area (Å²) in [6.07, 6.45) is 1.19. The first-order chi connectivity index (χ1) is 8.61. The van der Waals surface area contributed by atoms with Gasteiger partial charge in [-0.15, -0.1) is 0 Å². The largest absolute Gasteiger partial charge is 0.441 e. The number of hydrogen-bond acceptors (Lipinski definition) is 4. The first-order valence-electron chi connectivity index (χ1n) is 6.46. The van der Waals surface area contributed by atoms with E-state index < -0.39 is 0 Å². The van der Waals surface area contributed by atoms with Gasteiger partial charge in [0.05, 0.1) is 0 Å². The molecule has 96 valence electrons. The number of benzene rings is 1. The third kappa shape index (κ3) is 2.08. The molecule has 1 fully saturated rings. The fraction of sp³-hybridized carbons (Fsp3) is 0.500. The molecular weight excluding hydrogens is 226 g/mol. The zero-order valence-electron chi connectivity index (χ0n) is 11.1. The SMILES string of the molecule is Cc1nc2cc(NC3CC(C)N(C)C3)ccc2o1. The van der Waals surface area contributed by atoms with Gasteiger partial charge in [0.25, 0.3) is 0 Å². The minimum atomic E-state index is 0.524. The Morgan fingerprint density at radius 3 is 3.00 bits per heavy atom. The zero-order valence-corrected chi connectivity index (χ0v) is 11.1. The summed E-state index contributed by atoms with van der Waals surface area (Å²) in [5.74, 6) is 0.719. The van der Waals surface area contributed by atoms with E-state index in [1.165, 1.54) is 6.42 Å². The van der Waals surface area contributed by atoms with Gasteiger partial charge >= 0.3 is 0 Å². The van der Waals surface area contributed by atoms with E-state index in [9.17, 15) is 0 Å². The van der Waals surface area contributed by atoms with E-state index in [1.807, 2.05) is 13.0 Å². The van der Waals surface area contributed by atoms with Crippen LogP contribution in [0, 0.1) is 6.92 Å². The number of hydrogen-bond donors (Lipinski definition) is 1. The molecule has 1 aromatic heterocycles. The van der Waals surface area contributed by atoms with Crippen molar-refractivity contribution in [1.82, 2.24) is 9.88 Å². The average molecular weight is 245 g/mol. The van der Waals surface area contributed by atoms with Crippen LogP contribution in [0.1, 0.15) is 19.2 Å². The molecule has 1 N–H and O–H groups in total. The second-order valence-electron chi connectivity index (χ2n) is 5.28. The summed E-state index contributed by atoms with van der Waals surface area (Å²) >= 11 is 0. The molecule has 18 heavy (non-hydrogen) atoms. The lowest BCUT2D eigenvalue weighted by Crippen LogP contribution is -2.24. The van der Waals surface area contributed by atoms with Gasteiger partial charge in [-0.3, -0.25) is 0 Å². The highest BCUT2D eigenvalue weighted by atomic mass is 16.3. The molecule has 1 saturated heterocycles. The van der Waals surface area contributed by atoms with Crippen LogP contribution < -0.4 is 5.32 Å². The van der Waals surface area contributed by atoms with Gasteiger partial charge in [-0.25, -0.2) is 4.98 Å². The summed E-state index contributed by atoms with van der Waals surface area (Å²) < 4.78 is 5.48. The van der Waals surface area contributed by atoms with Crippen molar-refractivity contribution in [2.45, 2.75) is 32.4 Å². The first-order valence-corrected chi connectivity index (χ1v) is 6.46. The highest BCUT2D eigenvalue weighted by Crippen LogP contribution is 2.23. The molecule has 2 unspecified atom stereocenters. The summed E-state index contributed by atoms with van der Waals surface area (Å²) in [6.45, 7) is 5.24. The lowest BCUT2D eigenvalue weighted by atomic mass is 10.2. The molecule has 0 radical (unpaired) electrons. The standard InChI is InChI=1S/C14H19N3O/c1-9-6-12(8-17(9)3)16-11-4-5-14-13(7-11)15-10(2)18-14/h4-5,7,9,12,16H,6,8H2,1-3H3. The predicted molar refractivity (Wildman–Crippen MR) is 72.9 cm³/mol. The van der Waals surface area contributed by atoms with Crippen LogP contribution in [-0.2, 0) is 0 Å². The fourth-order valence-electron chi connectivity index (χ4n) is 2.67. The highest BCUT2D eigenvalue weighted by Gasteiger charge is 2.25. The summed E-state index contributed by atoms with van der Waals surface area (Å²) in [4.78, 5) is 6.75. The molecule has 2 aromatic rings. The molecule has 3 rings (SSSR count). The monoisotopic (exact) mass is 245 g/mol. The number of rotatable bonds is 2. The number of anilines is 1. The number of oxazole rings is 1. The second-order valence-corrected chi connectivity index (χ2v) is 5.28. The Hall–Kier alpha value is -1.55. The van der Waals surface area contributed by atoms with E-state index in [2.05, 4.69) is 41.3 Å². The van der Waals surface area contributed by atoms with Gasteiger partial charge < -0.3 is 14.6 Å². The van der Waals surface area contributed by atoms with E-state index in [-0.39, 0.29) is 0 Å². The van der Waals surface area contributed by atoms with Crippen molar-refractivity contribution in [3.05, 3.63) is 24.1 Å². The van der Waals surface area contributed by atoms with E-state index in [4.69, 9.17) is 4.42 Å². The van der Waals surface area contributed by atoms with Crippen LogP contribution in [0.3, 0.4) is 0 Å². The number of likely N-dealkylation sites (N-methyl/N-ethyl adjacent to an activating group) is 1. The molecule has 0 amide bonds. The van der Waals surface area contributed by atoms with Crippen molar-refractivity contribution in [2.75, 3.05) is 18.9 Å². The predicted octanol–water partition coefficient (Wildman–Crippen LogP) is 2.64. The molecule has 4 heteroatoms. The number of likely N-dealkylation sites (tertiary alicyclic amines) is 1. The molecule has 1 aliphatic heterocycles. The van der Waals surface area contributed by atoms with E-state index in [0.29, 0.717) is 12.1 Å². The van der Waals surface area contributed by atoms with Gasteiger partial charge in [0.2, 0.25) is 0 Å². The summed E-state index contributed by atoms with van der Waals surface area (Å²) in [5, 5.41) is 3.58. The average Bonchev–Trinajstić information content (AvgIpc) is 2.81. The van der Waals surface area contributed by atoms with E-state index >= 15 is 0 Å². The van der Waals surface area contributed by atoms with Gasteiger partial charge in [-0.2, -0.15) is 0 Å². The first kappa shape index (κ1) is 11.5. The lowest BCUT2D eigenvalue weighted by molar-refractivity contribution is 0.330. The lowest BCUT2D eigenvalue weighted by Gasteiger charge is -2.14. The van der Waals surface area contributed by atoms with Gasteiger partial charge in [0, 0.05) is 31.2 Å². The van der Waals surface area contributed by atoms with Gasteiger partial charge in [0.1, 0.15) is 5.52 Å². The molecule has 4 nitrogen and oxygen atoms in total. The second kappa shape index (κ2) is 4.28. The molecule has 0 aliphatic carbocycles. The number of fused-ring (bicyclic) bond motifs is 1. The quantitative estimate of drug-likeness (QED) is 0.883. The molecule has 0 spiro atoms. The van der Waals surface area contributed by atoms with Crippen molar-refractivity contribution < 1.29 is 4.42 Å². The smallest absolute Gasteiger partial charge is 0.192 e. The van der Waals surface area contributed by atoms with Crippen molar-refractivity contribution in [1.29, 1.82) is 0 Å². The Morgan fingerprint density at radius 1 is 1.44 bits per heavy atom. The van der Waals surface area contributed by atoms with Crippen molar-refractivity contribution in [3.63, 3.8) is 0 Å². The Balaban J connectivity index is 1.78. The van der Waals surface area contributed by atoms with Crippen LogP contribution in [-0.4, -0.2) is 35.6 Å². The number of nitrogens with one attached hydrogen (secondary N) is 1. The van der Waals surface area contributed by atoms with Gasteiger partial charge in [-0.05, 0) is 38.6 Å². The third-order valence-corrected chi connectivity index (χ3v) is 3.75. The molecule has 1 aromatic carbocycles.